The van der Waals surface area contributed by atoms with Gasteiger partial charge in [0.1, 0.15) is 6.04 Å². The Morgan fingerprint density at radius 2 is 1.83 bits per heavy atom. The van der Waals surface area contributed by atoms with Crippen molar-refractivity contribution in [2.24, 2.45) is 11.1 Å². The lowest BCUT2D eigenvalue weighted by Crippen LogP contribution is -2.51. The highest BCUT2D eigenvalue weighted by Gasteiger charge is 2.35. The van der Waals surface area contributed by atoms with Crippen molar-refractivity contribution in [2.75, 3.05) is 6.54 Å². The molecule has 0 radical (unpaired) electrons. The van der Waals surface area contributed by atoms with Crippen LogP contribution < -0.4 is 11.1 Å². The first-order valence-corrected chi connectivity index (χ1v) is 6.71. The zero-order chi connectivity index (χ0) is 14.2. The molecule has 0 rings (SSSR count). The predicted octanol–water partition coefficient (Wildman–Crippen LogP) is 1.51. The van der Waals surface area contributed by atoms with Gasteiger partial charge in [0.15, 0.2) is 0 Å². The number of aliphatic carboxylic acids is 1. The highest BCUT2D eigenvalue weighted by Crippen LogP contribution is 2.25. The summed E-state index contributed by atoms with van der Waals surface area (Å²) in [7, 11) is 0. The van der Waals surface area contributed by atoms with Gasteiger partial charge < -0.3 is 16.2 Å². The fraction of sp³-hybridized carbons (Fsp3) is 0.846. The zero-order valence-electron chi connectivity index (χ0n) is 11.7. The Morgan fingerprint density at radius 3 is 2.17 bits per heavy atom. The van der Waals surface area contributed by atoms with Gasteiger partial charge in [-0.1, -0.05) is 33.6 Å². The second-order valence-electron chi connectivity index (χ2n) is 4.70. The summed E-state index contributed by atoms with van der Waals surface area (Å²) in [6, 6.07) is -0.804. The second-order valence-corrected chi connectivity index (χ2v) is 4.70. The van der Waals surface area contributed by atoms with E-state index in [0.717, 1.165) is 12.8 Å². The fourth-order valence-corrected chi connectivity index (χ4v) is 1.93. The van der Waals surface area contributed by atoms with Crippen molar-refractivity contribution in [3.8, 4) is 0 Å². The van der Waals surface area contributed by atoms with Crippen molar-refractivity contribution >= 4 is 11.9 Å². The first-order valence-electron chi connectivity index (χ1n) is 6.71. The molecular formula is C13H26N2O3. The minimum absolute atomic E-state index is 0.237. The largest absolute Gasteiger partial charge is 0.480 e. The van der Waals surface area contributed by atoms with E-state index in [0.29, 0.717) is 19.3 Å². The molecule has 4 N–H and O–H groups in total. The van der Waals surface area contributed by atoms with Crippen LogP contribution in [0.5, 0.6) is 0 Å². The molecule has 1 atom stereocenters. The van der Waals surface area contributed by atoms with E-state index >= 15 is 0 Å². The van der Waals surface area contributed by atoms with Gasteiger partial charge >= 0.3 is 5.97 Å². The number of carbonyl (C=O) groups is 2. The van der Waals surface area contributed by atoms with Gasteiger partial charge in [0, 0.05) is 6.54 Å². The summed E-state index contributed by atoms with van der Waals surface area (Å²) >= 11 is 0. The highest BCUT2D eigenvalue weighted by molar-refractivity contribution is 5.87. The maximum atomic E-state index is 12.2. The maximum Gasteiger partial charge on any atom is 0.326 e. The molecule has 5 nitrogen and oxygen atoms in total. The first-order chi connectivity index (χ1) is 8.47. The van der Waals surface area contributed by atoms with Gasteiger partial charge in [0.25, 0.3) is 0 Å². The average molecular weight is 258 g/mol. The van der Waals surface area contributed by atoms with Crippen molar-refractivity contribution in [3.05, 3.63) is 0 Å². The van der Waals surface area contributed by atoms with E-state index in [-0.39, 0.29) is 12.5 Å². The van der Waals surface area contributed by atoms with Gasteiger partial charge in [-0.15, -0.1) is 0 Å². The molecule has 1 amide bonds. The van der Waals surface area contributed by atoms with E-state index in [1.54, 1.807) is 0 Å². The number of carbonyl (C=O) groups excluding carboxylic acids is 1. The van der Waals surface area contributed by atoms with E-state index < -0.39 is 17.4 Å². The molecule has 0 heterocycles. The first kappa shape index (κ1) is 16.9. The van der Waals surface area contributed by atoms with Crippen LogP contribution in [0.15, 0.2) is 0 Å². The lowest BCUT2D eigenvalue weighted by molar-refractivity contribution is -0.144. The topological polar surface area (TPSA) is 92.4 Å². The van der Waals surface area contributed by atoms with Crippen molar-refractivity contribution in [2.45, 2.75) is 58.9 Å². The van der Waals surface area contributed by atoms with Crippen molar-refractivity contribution in [3.63, 3.8) is 0 Å². The Bertz CT molecular complexity index is 267. The summed E-state index contributed by atoms with van der Waals surface area (Å²) in [5, 5.41) is 11.7. The molecule has 0 aliphatic heterocycles. The van der Waals surface area contributed by atoms with Crippen LogP contribution in [0.2, 0.25) is 0 Å². The van der Waals surface area contributed by atoms with Gasteiger partial charge in [-0.25, -0.2) is 4.79 Å². The Labute approximate surface area is 109 Å². The fourth-order valence-electron chi connectivity index (χ4n) is 1.93. The van der Waals surface area contributed by atoms with Crippen LogP contribution in [0.3, 0.4) is 0 Å². The molecule has 0 saturated carbocycles. The second kappa shape index (κ2) is 8.08. The third-order valence-electron chi connectivity index (χ3n) is 3.68. The molecule has 5 heteroatoms. The van der Waals surface area contributed by atoms with Gasteiger partial charge in [-0.2, -0.15) is 0 Å². The molecular weight excluding hydrogens is 232 g/mol. The third kappa shape index (κ3) is 4.29. The van der Waals surface area contributed by atoms with E-state index in [4.69, 9.17) is 10.8 Å². The number of unbranched alkanes of at least 4 members (excludes halogenated alkanes) is 1. The van der Waals surface area contributed by atoms with Crippen LogP contribution in [0.4, 0.5) is 0 Å². The van der Waals surface area contributed by atoms with E-state index in [1.807, 2.05) is 20.8 Å². The number of nitrogens with two attached hydrogens (primary N) is 1. The molecule has 106 valence electrons. The van der Waals surface area contributed by atoms with Crippen LogP contribution in [0.1, 0.15) is 52.9 Å². The van der Waals surface area contributed by atoms with Gasteiger partial charge in [0.2, 0.25) is 5.91 Å². The van der Waals surface area contributed by atoms with Crippen LogP contribution in [0.25, 0.3) is 0 Å². The number of hydrogen-bond acceptors (Lipinski definition) is 3. The number of rotatable bonds is 9. The Morgan fingerprint density at radius 1 is 1.28 bits per heavy atom. The normalized spacial score (nSPS) is 13.1. The molecule has 18 heavy (non-hydrogen) atoms. The standard InChI is InChI=1S/C13H26N2O3/c1-4-7-8-10(11(16)17)15-12(18)13(5-2,6-3)9-14/h10H,4-9,14H2,1-3H3,(H,15,18)(H,16,17). The average Bonchev–Trinajstić information content (AvgIpc) is 2.36. The SMILES string of the molecule is CCCCC(NC(=O)C(CC)(CC)CN)C(=O)O. The smallest absolute Gasteiger partial charge is 0.326 e. The Hall–Kier alpha value is -1.10. The molecule has 0 aromatic carbocycles. The van der Waals surface area contributed by atoms with Gasteiger partial charge in [-0.05, 0) is 19.3 Å². The summed E-state index contributed by atoms with van der Waals surface area (Å²) in [6.07, 6.45) is 3.39. The number of carboxylic acids is 1. The lowest BCUT2D eigenvalue weighted by atomic mass is 9.81. The van der Waals surface area contributed by atoms with E-state index in [2.05, 4.69) is 5.32 Å². The molecule has 0 bridgehead atoms. The Balaban J connectivity index is 4.71. The van der Waals surface area contributed by atoms with Crippen LogP contribution >= 0.6 is 0 Å². The zero-order valence-corrected chi connectivity index (χ0v) is 11.7. The number of carboxylic acid groups (broad SMARTS) is 1. The third-order valence-corrected chi connectivity index (χ3v) is 3.68. The molecule has 0 saturated heterocycles. The maximum absolute atomic E-state index is 12.2. The van der Waals surface area contributed by atoms with Crippen LogP contribution in [-0.2, 0) is 9.59 Å². The van der Waals surface area contributed by atoms with E-state index in [9.17, 15) is 9.59 Å². The molecule has 0 aromatic heterocycles. The summed E-state index contributed by atoms with van der Waals surface area (Å²) in [5.41, 5.74) is 5.03. The van der Waals surface area contributed by atoms with Gasteiger partial charge in [-0.3, -0.25) is 4.79 Å². The molecule has 1 unspecified atom stereocenters. The summed E-state index contributed by atoms with van der Waals surface area (Å²) in [6.45, 7) is 6.03. The molecule has 0 aliphatic carbocycles. The van der Waals surface area contributed by atoms with Crippen molar-refractivity contribution in [1.29, 1.82) is 0 Å². The molecule has 0 fully saturated rings. The highest BCUT2D eigenvalue weighted by atomic mass is 16.4. The monoisotopic (exact) mass is 258 g/mol. The summed E-state index contributed by atoms with van der Waals surface area (Å²) < 4.78 is 0. The van der Waals surface area contributed by atoms with Crippen molar-refractivity contribution < 1.29 is 14.7 Å². The molecule has 0 spiro atoms. The molecule has 0 aromatic rings. The number of nitrogens with one attached hydrogen (secondary N) is 1. The van der Waals surface area contributed by atoms with Crippen LogP contribution in [-0.4, -0.2) is 29.6 Å². The number of amides is 1. The summed E-state index contributed by atoms with van der Waals surface area (Å²) in [4.78, 5) is 23.3. The lowest BCUT2D eigenvalue weighted by Gasteiger charge is -2.30. The minimum Gasteiger partial charge on any atom is -0.480 e. The predicted molar refractivity (Wildman–Crippen MR) is 71.2 cm³/mol. The van der Waals surface area contributed by atoms with Crippen molar-refractivity contribution in [1.82, 2.24) is 5.32 Å². The van der Waals surface area contributed by atoms with Crippen LogP contribution in [0, 0.1) is 5.41 Å². The number of hydrogen-bond donors (Lipinski definition) is 3. The quantitative estimate of drug-likeness (QED) is 0.584. The molecule has 0 aliphatic rings. The Kier molecular flexibility index (Phi) is 7.59. The van der Waals surface area contributed by atoms with Gasteiger partial charge in [0.05, 0.1) is 5.41 Å². The minimum atomic E-state index is -0.977. The summed E-state index contributed by atoms with van der Waals surface area (Å²) in [5.74, 6) is -1.21. The van der Waals surface area contributed by atoms with E-state index in [1.165, 1.54) is 0 Å².